The quantitative estimate of drug-likeness (QED) is 0.474. The van der Waals surface area contributed by atoms with Crippen LogP contribution in [0.15, 0.2) is 12.1 Å². The molecule has 108 valence electrons. The number of carboxylic acids is 2. The van der Waals surface area contributed by atoms with Gasteiger partial charge in [-0.05, 0) is 11.0 Å². The van der Waals surface area contributed by atoms with Crippen molar-refractivity contribution in [2.24, 2.45) is 7.05 Å². The molecule has 0 spiro atoms. The maximum Gasteiger partial charge on any atom is 0.326 e. The Morgan fingerprint density at radius 1 is 1.40 bits per heavy atom. The average Bonchev–Trinajstić information content (AvgIpc) is 2.69. The molecule has 10 heteroatoms. The van der Waals surface area contributed by atoms with Crippen molar-refractivity contribution in [2.75, 3.05) is 0 Å². The Morgan fingerprint density at radius 3 is 2.40 bits per heavy atom. The second-order valence-corrected chi connectivity index (χ2v) is 3.86. The summed E-state index contributed by atoms with van der Waals surface area (Å²) >= 11 is 0. The largest absolute Gasteiger partial charge is 0.481 e. The number of nitrogens with one attached hydrogen (secondary N) is 1. The van der Waals surface area contributed by atoms with Crippen LogP contribution in [0.2, 0.25) is 0 Å². The summed E-state index contributed by atoms with van der Waals surface area (Å²) in [6.45, 7) is 0. The van der Waals surface area contributed by atoms with Crippen molar-refractivity contribution in [3.8, 4) is 0 Å². The molecule has 10 nitrogen and oxygen atoms in total. The minimum atomic E-state index is -1.62. The van der Waals surface area contributed by atoms with Crippen LogP contribution in [-0.4, -0.2) is 43.6 Å². The molecule has 1 amide bonds. The van der Waals surface area contributed by atoms with Gasteiger partial charge in [-0.3, -0.25) is 9.59 Å². The lowest BCUT2D eigenvalue weighted by Crippen LogP contribution is -2.42. The van der Waals surface area contributed by atoms with Crippen molar-refractivity contribution in [3.05, 3.63) is 27.9 Å². The zero-order valence-corrected chi connectivity index (χ0v) is 10.3. The van der Waals surface area contributed by atoms with E-state index in [1.54, 1.807) is 0 Å². The highest BCUT2D eigenvalue weighted by Crippen LogP contribution is 2.15. The number of hydrogen-bond donors (Lipinski definition) is 3. The van der Waals surface area contributed by atoms with Crippen LogP contribution in [-0.2, 0) is 16.6 Å². The highest BCUT2D eigenvalue weighted by Gasteiger charge is 2.27. The van der Waals surface area contributed by atoms with Gasteiger partial charge in [0.1, 0.15) is 6.04 Å². The predicted molar refractivity (Wildman–Crippen MR) is 63.2 cm³/mol. The van der Waals surface area contributed by atoms with E-state index in [0.29, 0.717) is 0 Å². The van der Waals surface area contributed by atoms with E-state index < -0.39 is 35.2 Å². The Kier molecular flexibility index (Phi) is 4.41. The maximum absolute atomic E-state index is 11.8. The molecule has 1 aromatic heterocycles. The van der Waals surface area contributed by atoms with Gasteiger partial charge in [0.2, 0.25) is 0 Å². The van der Waals surface area contributed by atoms with E-state index in [0.717, 1.165) is 16.7 Å². The number of amides is 1. The Balaban J connectivity index is 2.92. The summed E-state index contributed by atoms with van der Waals surface area (Å²) in [6, 6.07) is 0.614. The minimum Gasteiger partial charge on any atom is -0.481 e. The van der Waals surface area contributed by atoms with Gasteiger partial charge in [-0.15, -0.1) is 0 Å². The smallest absolute Gasteiger partial charge is 0.326 e. The highest BCUT2D eigenvalue weighted by molar-refractivity contribution is 5.96. The van der Waals surface area contributed by atoms with Gasteiger partial charge in [0.15, 0.2) is 5.69 Å². The molecule has 0 radical (unpaired) electrons. The number of rotatable bonds is 6. The minimum absolute atomic E-state index is 0.145. The molecule has 0 aliphatic rings. The molecule has 0 aliphatic heterocycles. The van der Waals surface area contributed by atoms with E-state index in [2.05, 4.69) is 0 Å². The Hall–Kier alpha value is -2.91. The maximum atomic E-state index is 11.8. The van der Waals surface area contributed by atoms with Crippen LogP contribution in [0.25, 0.3) is 0 Å². The first-order chi connectivity index (χ1) is 9.23. The first-order valence-electron chi connectivity index (χ1n) is 5.29. The Bertz CT molecular complexity index is 577. The van der Waals surface area contributed by atoms with Crippen molar-refractivity contribution in [1.82, 2.24) is 9.88 Å². The van der Waals surface area contributed by atoms with E-state index >= 15 is 0 Å². The molecule has 0 bridgehead atoms. The molecule has 0 fully saturated rings. The van der Waals surface area contributed by atoms with Gasteiger partial charge in [-0.2, -0.15) is 0 Å². The molecule has 0 saturated carbocycles. The van der Waals surface area contributed by atoms with Gasteiger partial charge in [-0.1, -0.05) is 0 Å². The van der Waals surface area contributed by atoms with Crippen molar-refractivity contribution in [3.63, 3.8) is 0 Å². The van der Waals surface area contributed by atoms with Crippen LogP contribution in [0.1, 0.15) is 16.9 Å². The second kappa shape index (κ2) is 5.82. The number of aromatic nitrogens is 1. The molecule has 3 N–H and O–H groups in total. The third-order valence-electron chi connectivity index (χ3n) is 2.50. The van der Waals surface area contributed by atoms with E-state index in [1.165, 1.54) is 7.05 Å². The summed E-state index contributed by atoms with van der Waals surface area (Å²) in [5.74, 6) is -4.16. The molecule has 20 heavy (non-hydrogen) atoms. The number of carbonyl (C=O) groups excluding carboxylic acids is 1. The van der Waals surface area contributed by atoms with Crippen LogP contribution >= 0.6 is 0 Å². The number of hydrogen-bond acceptors (Lipinski definition) is 5. The number of nitro groups is 1. The fraction of sp³-hybridized carbons (Fsp3) is 0.300. The van der Waals surface area contributed by atoms with Crippen molar-refractivity contribution in [2.45, 2.75) is 12.5 Å². The van der Waals surface area contributed by atoms with E-state index in [1.807, 2.05) is 5.32 Å². The number of carbonyl (C=O) groups is 3. The summed E-state index contributed by atoms with van der Waals surface area (Å²) in [6.07, 6.45) is -0.798. The molecule has 1 rings (SSSR count). The summed E-state index contributed by atoms with van der Waals surface area (Å²) in [7, 11) is 1.26. The van der Waals surface area contributed by atoms with Gasteiger partial charge >= 0.3 is 17.8 Å². The van der Waals surface area contributed by atoms with Crippen molar-refractivity contribution >= 4 is 23.7 Å². The van der Waals surface area contributed by atoms with Crippen LogP contribution in [0, 0.1) is 10.1 Å². The van der Waals surface area contributed by atoms with Gasteiger partial charge in [0.05, 0.1) is 13.5 Å². The molecule has 1 heterocycles. The zero-order chi connectivity index (χ0) is 15.4. The zero-order valence-electron chi connectivity index (χ0n) is 10.3. The third kappa shape index (κ3) is 3.31. The first-order valence-corrected chi connectivity index (χ1v) is 5.29. The SMILES string of the molecule is Cn1c(C(=O)N[C@@H](CC(=O)O)C(=O)O)ccc1[N+](=O)[O-]. The van der Waals surface area contributed by atoms with Gasteiger partial charge in [-0.25, -0.2) is 9.36 Å². The van der Waals surface area contributed by atoms with Crippen LogP contribution in [0.4, 0.5) is 5.82 Å². The number of nitrogens with zero attached hydrogens (tertiary/aromatic N) is 2. The van der Waals surface area contributed by atoms with Crippen molar-refractivity contribution in [1.29, 1.82) is 0 Å². The Labute approximate surface area is 111 Å². The lowest BCUT2D eigenvalue weighted by atomic mass is 10.2. The standard InChI is InChI=1S/C10H11N3O7/c1-12-6(2-3-7(12)13(19)20)9(16)11-5(10(17)18)4-8(14)15/h2-3,5H,4H2,1H3,(H,11,16)(H,14,15)(H,17,18)/t5-/m0/s1. The van der Waals surface area contributed by atoms with Crippen molar-refractivity contribution < 1.29 is 29.5 Å². The summed E-state index contributed by atoms with van der Waals surface area (Å²) in [5.41, 5.74) is -0.145. The fourth-order valence-corrected chi connectivity index (χ4v) is 1.52. The van der Waals surface area contributed by atoms with E-state index in [4.69, 9.17) is 10.2 Å². The second-order valence-electron chi connectivity index (χ2n) is 3.86. The molecule has 1 atom stereocenters. The average molecular weight is 285 g/mol. The highest BCUT2D eigenvalue weighted by atomic mass is 16.6. The molecule has 0 unspecified atom stereocenters. The molecule has 0 aliphatic carbocycles. The molecule has 1 aromatic rings. The van der Waals surface area contributed by atoms with E-state index in [9.17, 15) is 24.5 Å². The van der Waals surface area contributed by atoms with Gasteiger partial charge in [0.25, 0.3) is 5.91 Å². The molecule has 0 aromatic carbocycles. The normalized spacial score (nSPS) is 11.7. The summed E-state index contributed by atoms with van der Waals surface area (Å²) in [4.78, 5) is 43.0. The van der Waals surface area contributed by atoms with Gasteiger partial charge < -0.3 is 25.6 Å². The topological polar surface area (TPSA) is 152 Å². The Morgan fingerprint density at radius 2 is 2.00 bits per heavy atom. The summed E-state index contributed by atoms with van der Waals surface area (Å²) in [5, 5.41) is 29.9. The lowest BCUT2D eigenvalue weighted by molar-refractivity contribution is -0.391. The predicted octanol–water partition coefficient (Wildman–Crippen LogP) is -0.409. The van der Waals surface area contributed by atoms with Gasteiger partial charge in [0, 0.05) is 6.07 Å². The number of carboxylic acid groups (broad SMARTS) is 2. The van der Waals surface area contributed by atoms with Crippen LogP contribution in [0.3, 0.4) is 0 Å². The monoisotopic (exact) mass is 285 g/mol. The third-order valence-corrected chi connectivity index (χ3v) is 2.50. The van der Waals surface area contributed by atoms with Crippen LogP contribution < -0.4 is 5.32 Å². The summed E-state index contributed by atoms with van der Waals surface area (Å²) < 4.78 is 0.967. The lowest BCUT2D eigenvalue weighted by Gasteiger charge is -2.11. The molecular weight excluding hydrogens is 274 g/mol. The first kappa shape index (κ1) is 15.1. The molecule has 0 saturated heterocycles. The fourth-order valence-electron chi connectivity index (χ4n) is 1.52. The van der Waals surface area contributed by atoms with E-state index in [-0.39, 0.29) is 11.5 Å². The number of aliphatic carboxylic acids is 2. The molecular formula is C10H11N3O7. The van der Waals surface area contributed by atoms with Crippen LogP contribution in [0.5, 0.6) is 0 Å².